The van der Waals surface area contributed by atoms with Gasteiger partial charge in [-0.2, -0.15) is 0 Å². The number of sulfonamides is 1. The van der Waals surface area contributed by atoms with E-state index in [4.69, 9.17) is 5.11 Å². The monoisotopic (exact) mass is 321 g/mol. The smallest absolute Gasteiger partial charge is 0.272 e. The third kappa shape index (κ3) is 5.34. The van der Waals surface area contributed by atoms with E-state index in [-0.39, 0.29) is 13.1 Å². The van der Waals surface area contributed by atoms with E-state index in [0.717, 1.165) is 12.1 Å². The molecule has 21 heavy (non-hydrogen) atoms. The second kappa shape index (κ2) is 7.41. The number of aliphatic hydroxyl groups is 1. The number of nitro benzene ring substituents is 1. The zero-order chi connectivity index (χ0) is 16.0. The van der Waals surface area contributed by atoms with Crippen molar-refractivity contribution in [3.63, 3.8) is 0 Å². The predicted molar refractivity (Wildman–Crippen MR) is 72.8 cm³/mol. The van der Waals surface area contributed by atoms with Crippen molar-refractivity contribution in [1.29, 1.82) is 0 Å². The second-order valence-electron chi connectivity index (χ2n) is 4.32. The number of non-ortho nitro benzene ring substituents is 1. The molecule has 0 bridgehead atoms. The van der Waals surface area contributed by atoms with E-state index < -0.39 is 37.5 Å². The Balaban J connectivity index is 2.68. The van der Waals surface area contributed by atoms with Crippen LogP contribution >= 0.6 is 0 Å². The maximum Gasteiger partial charge on any atom is 0.272 e. The number of halogens is 1. The maximum absolute atomic E-state index is 13.6. The van der Waals surface area contributed by atoms with E-state index in [1.54, 1.807) is 6.92 Å². The highest BCUT2D eigenvalue weighted by molar-refractivity contribution is 7.89. The normalized spacial score (nSPS) is 13.1. The van der Waals surface area contributed by atoms with Crippen molar-refractivity contribution in [2.45, 2.75) is 17.9 Å². The van der Waals surface area contributed by atoms with Gasteiger partial charge in [-0.25, -0.2) is 17.5 Å². The lowest BCUT2D eigenvalue weighted by atomic mass is 10.3. The van der Waals surface area contributed by atoms with Gasteiger partial charge < -0.3 is 10.4 Å². The lowest BCUT2D eigenvalue weighted by molar-refractivity contribution is -0.385. The first-order chi connectivity index (χ1) is 9.74. The molecule has 1 atom stereocenters. The quantitative estimate of drug-likeness (QED) is 0.351. The highest BCUT2D eigenvalue weighted by Crippen LogP contribution is 2.20. The minimum Gasteiger partial charge on any atom is -0.392 e. The van der Waals surface area contributed by atoms with Gasteiger partial charge in [-0.05, 0) is 13.0 Å². The summed E-state index contributed by atoms with van der Waals surface area (Å²) >= 11 is 0. The molecule has 118 valence electrons. The number of hydrogen-bond donors (Lipinski definition) is 3. The molecular weight excluding hydrogens is 305 g/mol. The van der Waals surface area contributed by atoms with Crippen LogP contribution in [-0.4, -0.2) is 44.2 Å². The summed E-state index contributed by atoms with van der Waals surface area (Å²) in [5.41, 5.74) is -0.523. The number of nitro groups is 1. The third-order valence-corrected chi connectivity index (χ3v) is 3.94. The Labute approximate surface area is 121 Å². The zero-order valence-electron chi connectivity index (χ0n) is 11.2. The van der Waals surface area contributed by atoms with Crippen LogP contribution in [0.1, 0.15) is 6.92 Å². The Kier molecular flexibility index (Phi) is 6.15. The number of benzene rings is 1. The largest absolute Gasteiger partial charge is 0.392 e. The van der Waals surface area contributed by atoms with Gasteiger partial charge in [-0.1, -0.05) is 0 Å². The van der Waals surface area contributed by atoms with E-state index in [9.17, 15) is 22.9 Å². The third-order valence-electron chi connectivity index (χ3n) is 2.45. The fourth-order valence-electron chi connectivity index (χ4n) is 1.48. The van der Waals surface area contributed by atoms with Gasteiger partial charge in [0.05, 0.1) is 17.1 Å². The Morgan fingerprint density at radius 2 is 2.10 bits per heavy atom. The van der Waals surface area contributed by atoms with E-state index in [2.05, 4.69) is 10.0 Å². The highest BCUT2D eigenvalue weighted by Gasteiger charge is 2.21. The molecule has 1 aromatic carbocycles. The molecule has 0 aliphatic heterocycles. The Bertz CT molecular complexity index is 606. The molecule has 8 nitrogen and oxygen atoms in total. The number of aliphatic hydroxyl groups excluding tert-OH is 1. The Morgan fingerprint density at radius 3 is 2.62 bits per heavy atom. The van der Waals surface area contributed by atoms with Crippen LogP contribution in [0.3, 0.4) is 0 Å². The summed E-state index contributed by atoms with van der Waals surface area (Å²) in [6.45, 7) is 2.11. The summed E-state index contributed by atoms with van der Waals surface area (Å²) in [6, 6.07) is 2.32. The summed E-state index contributed by atoms with van der Waals surface area (Å²) in [6.07, 6.45) is -0.561. The number of nitrogens with one attached hydrogen (secondary N) is 2. The minimum atomic E-state index is -4.08. The molecule has 0 amide bonds. The standard InChI is InChI=1S/C11H16FN3O5S/c1-8(16)7-13-4-5-14-21(19,20)11-3-2-9(15(17)18)6-10(11)12/h2-3,6,8,13-14,16H,4-5,7H2,1H3. The van der Waals surface area contributed by atoms with E-state index in [0.29, 0.717) is 12.6 Å². The van der Waals surface area contributed by atoms with Crippen LogP contribution < -0.4 is 10.0 Å². The molecule has 3 N–H and O–H groups in total. The fourth-order valence-corrected chi connectivity index (χ4v) is 2.57. The van der Waals surface area contributed by atoms with Crippen LogP contribution in [0.15, 0.2) is 23.1 Å². The molecule has 0 radical (unpaired) electrons. The van der Waals surface area contributed by atoms with Crippen molar-refractivity contribution in [2.75, 3.05) is 19.6 Å². The van der Waals surface area contributed by atoms with E-state index >= 15 is 0 Å². The molecule has 0 saturated heterocycles. The van der Waals surface area contributed by atoms with Crippen LogP contribution in [0, 0.1) is 15.9 Å². The molecule has 1 unspecified atom stereocenters. The molecule has 0 spiro atoms. The van der Waals surface area contributed by atoms with Crippen molar-refractivity contribution in [1.82, 2.24) is 10.0 Å². The first kappa shape index (κ1) is 17.4. The topological polar surface area (TPSA) is 122 Å². The average Bonchev–Trinajstić information content (AvgIpc) is 2.37. The first-order valence-corrected chi connectivity index (χ1v) is 7.54. The molecule has 1 rings (SSSR count). The minimum absolute atomic E-state index is 0.00845. The SMILES string of the molecule is CC(O)CNCCNS(=O)(=O)c1ccc([N+](=O)[O-])cc1F. The number of hydrogen-bond acceptors (Lipinski definition) is 6. The summed E-state index contributed by atoms with van der Waals surface area (Å²) in [5.74, 6) is -1.19. The maximum atomic E-state index is 13.6. The van der Waals surface area contributed by atoms with Crippen molar-refractivity contribution in [3.05, 3.63) is 34.1 Å². The number of rotatable bonds is 8. The van der Waals surface area contributed by atoms with E-state index in [1.807, 2.05) is 0 Å². The molecular formula is C11H16FN3O5S. The van der Waals surface area contributed by atoms with Gasteiger partial charge in [0.1, 0.15) is 10.7 Å². The van der Waals surface area contributed by atoms with Crippen LogP contribution in [0.25, 0.3) is 0 Å². The molecule has 0 fully saturated rings. The lowest BCUT2D eigenvalue weighted by Crippen LogP contribution is -2.34. The lowest BCUT2D eigenvalue weighted by Gasteiger charge is -2.09. The molecule has 10 heteroatoms. The van der Waals surface area contributed by atoms with Gasteiger partial charge in [0.2, 0.25) is 10.0 Å². The molecule has 0 saturated carbocycles. The van der Waals surface area contributed by atoms with Gasteiger partial charge in [-0.15, -0.1) is 0 Å². The van der Waals surface area contributed by atoms with Gasteiger partial charge >= 0.3 is 0 Å². The first-order valence-electron chi connectivity index (χ1n) is 6.06. The van der Waals surface area contributed by atoms with Gasteiger partial charge in [-0.3, -0.25) is 10.1 Å². The zero-order valence-corrected chi connectivity index (χ0v) is 12.1. The van der Waals surface area contributed by atoms with Crippen molar-refractivity contribution >= 4 is 15.7 Å². The summed E-state index contributed by atoms with van der Waals surface area (Å²) in [5, 5.41) is 22.2. The molecule has 0 aliphatic carbocycles. The van der Waals surface area contributed by atoms with Gasteiger partial charge in [0.25, 0.3) is 5.69 Å². The summed E-state index contributed by atoms with van der Waals surface area (Å²) in [7, 11) is -4.08. The van der Waals surface area contributed by atoms with Crippen LogP contribution in [0.5, 0.6) is 0 Å². The number of nitrogens with zero attached hydrogens (tertiary/aromatic N) is 1. The Morgan fingerprint density at radius 1 is 1.43 bits per heavy atom. The van der Waals surface area contributed by atoms with Crippen molar-refractivity contribution in [2.24, 2.45) is 0 Å². The van der Waals surface area contributed by atoms with Gasteiger partial charge in [0.15, 0.2) is 0 Å². The molecule has 1 aromatic rings. The summed E-state index contributed by atoms with van der Waals surface area (Å²) < 4.78 is 39.4. The predicted octanol–water partition coefficient (Wildman–Crippen LogP) is -0.0174. The molecule has 0 heterocycles. The molecule has 0 aliphatic rings. The van der Waals surface area contributed by atoms with Crippen LogP contribution in [0.2, 0.25) is 0 Å². The van der Waals surface area contributed by atoms with Gasteiger partial charge in [0, 0.05) is 25.7 Å². The average molecular weight is 321 g/mol. The van der Waals surface area contributed by atoms with Crippen LogP contribution in [0.4, 0.5) is 10.1 Å². The molecule has 0 aromatic heterocycles. The van der Waals surface area contributed by atoms with Crippen molar-refractivity contribution < 1.29 is 22.8 Å². The fraction of sp³-hybridized carbons (Fsp3) is 0.455. The van der Waals surface area contributed by atoms with Crippen LogP contribution in [-0.2, 0) is 10.0 Å². The highest BCUT2D eigenvalue weighted by atomic mass is 32.2. The van der Waals surface area contributed by atoms with E-state index in [1.165, 1.54) is 0 Å². The van der Waals surface area contributed by atoms with Crippen molar-refractivity contribution in [3.8, 4) is 0 Å². The summed E-state index contributed by atoms with van der Waals surface area (Å²) in [4.78, 5) is 9.00. The second-order valence-corrected chi connectivity index (χ2v) is 6.06. The Hall–Kier alpha value is -1.62.